The molecule has 0 heterocycles. The molecule has 1 aromatic carbocycles. The lowest BCUT2D eigenvalue weighted by atomic mass is 10.1. The van der Waals surface area contributed by atoms with Gasteiger partial charge in [-0.2, -0.15) is 0 Å². The van der Waals surface area contributed by atoms with Gasteiger partial charge in [-0.3, -0.25) is 0 Å². The Morgan fingerprint density at radius 1 is 1.24 bits per heavy atom. The summed E-state index contributed by atoms with van der Waals surface area (Å²) in [5.74, 6) is -0.978. The van der Waals surface area contributed by atoms with Gasteiger partial charge in [0.05, 0.1) is 5.56 Å². The number of rotatable bonds is 9. The maximum Gasteiger partial charge on any atom is 0.335 e. The number of ether oxygens (including phenoxy) is 1. The lowest BCUT2D eigenvalue weighted by Crippen LogP contribution is -2.35. The van der Waals surface area contributed by atoms with Crippen LogP contribution in [0.5, 0.6) is 0 Å². The second-order valence-electron chi connectivity index (χ2n) is 4.58. The Morgan fingerprint density at radius 2 is 2.05 bits per heavy atom. The molecule has 0 fully saturated rings. The van der Waals surface area contributed by atoms with Gasteiger partial charge in [0.15, 0.2) is 0 Å². The van der Waals surface area contributed by atoms with E-state index in [9.17, 15) is 9.59 Å². The summed E-state index contributed by atoms with van der Waals surface area (Å²) in [6.07, 6.45) is 1.76. The van der Waals surface area contributed by atoms with Crippen LogP contribution in [-0.4, -0.2) is 36.9 Å². The van der Waals surface area contributed by atoms with Crippen LogP contribution in [-0.2, 0) is 11.3 Å². The van der Waals surface area contributed by atoms with Crippen LogP contribution < -0.4 is 10.6 Å². The molecule has 2 amide bonds. The van der Waals surface area contributed by atoms with E-state index in [4.69, 9.17) is 9.84 Å². The second-order valence-corrected chi connectivity index (χ2v) is 4.58. The number of hydrogen-bond acceptors (Lipinski definition) is 3. The van der Waals surface area contributed by atoms with E-state index in [1.165, 1.54) is 6.07 Å². The smallest absolute Gasteiger partial charge is 0.335 e. The standard InChI is InChI=1S/C15H22N2O4/c1-2-8-21-9-4-7-16-15(20)17-11-12-5-3-6-13(10-12)14(18)19/h3,5-6,10H,2,4,7-9,11H2,1H3,(H,18,19)(H2,16,17,20). The van der Waals surface area contributed by atoms with Crippen LogP contribution in [0.15, 0.2) is 24.3 Å². The van der Waals surface area contributed by atoms with Gasteiger partial charge in [-0.05, 0) is 30.5 Å². The van der Waals surface area contributed by atoms with Crippen LogP contribution in [0.25, 0.3) is 0 Å². The van der Waals surface area contributed by atoms with Gasteiger partial charge in [0.2, 0.25) is 0 Å². The van der Waals surface area contributed by atoms with Gasteiger partial charge >= 0.3 is 12.0 Å². The minimum atomic E-state index is -0.978. The molecule has 0 aliphatic carbocycles. The van der Waals surface area contributed by atoms with Crippen molar-refractivity contribution in [2.45, 2.75) is 26.3 Å². The van der Waals surface area contributed by atoms with Crippen molar-refractivity contribution in [3.63, 3.8) is 0 Å². The lowest BCUT2D eigenvalue weighted by Gasteiger charge is -2.08. The van der Waals surface area contributed by atoms with Crippen LogP contribution in [0.4, 0.5) is 4.79 Å². The SMILES string of the molecule is CCCOCCCNC(=O)NCc1cccc(C(=O)O)c1. The molecule has 0 spiro atoms. The lowest BCUT2D eigenvalue weighted by molar-refractivity contribution is 0.0696. The highest BCUT2D eigenvalue weighted by Crippen LogP contribution is 2.04. The summed E-state index contributed by atoms with van der Waals surface area (Å²) in [6.45, 7) is 4.26. The van der Waals surface area contributed by atoms with Gasteiger partial charge in [0.25, 0.3) is 0 Å². The Labute approximate surface area is 124 Å². The third-order valence-corrected chi connectivity index (χ3v) is 2.73. The summed E-state index contributed by atoms with van der Waals surface area (Å²) in [5.41, 5.74) is 0.958. The van der Waals surface area contributed by atoms with Crippen molar-refractivity contribution in [2.24, 2.45) is 0 Å². The summed E-state index contributed by atoms with van der Waals surface area (Å²) in [5, 5.41) is 14.3. The highest BCUT2D eigenvalue weighted by atomic mass is 16.5. The first-order chi connectivity index (χ1) is 10.1. The highest BCUT2D eigenvalue weighted by molar-refractivity contribution is 5.87. The molecule has 0 aliphatic rings. The Hall–Kier alpha value is -2.08. The Kier molecular flexibility index (Phi) is 7.89. The monoisotopic (exact) mass is 294 g/mol. The molecule has 0 radical (unpaired) electrons. The Balaban J connectivity index is 2.21. The molecular weight excluding hydrogens is 272 g/mol. The zero-order chi connectivity index (χ0) is 15.5. The van der Waals surface area contributed by atoms with Crippen molar-refractivity contribution in [3.8, 4) is 0 Å². The van der Waals surface area contributed by atoms with Gasteiger partial charge < -0.3 is 20.5 Å². The zero-order valence-corrected chi connectivity index (χ0v) is 12.2. The van der Waals surface area contributed by atoms with Crippen LogP contribution in [0, 0.1) is 0 Å². The summed E-state index contributed by atoms with van der Waals surface area (Å²) in [6, 6.07) is 6.21. The van der Waals surface area contributed by atoms with Crippen molar-refractivity contribution in [1.82, 2.24) is 10.6 Å². The number of carbonyl (C=O) groups is 2. The maximum absolute atomic E-state index is 11.5. The number of aromatic carboxylic acids is 1. The molecule has 116 valence electrons. The van der Waals surface area contributed by atoms with Gasteiger partial charge in [-0.15, -0.1) is 0 Å². The number of carboxylic acid groups (broad SMARTS) is 1. The van der Waals surface area contributed by atoms with E-state index in [0.29, 0.717) is 19.7 Å². The van der Waals surface area contributed by atoms with Crippen molar-refractivity contribution in [2.75, 3.05) is 19.8 Å². The summed E-state index contributed by atoms with van der Waals surface area (Å²) in [4.78, 5) is 22.4. The van der Waals surface area contributed by atoms with Crippen molar-refractivity contribution in [1.29, 1.82) is 0 Å². The van der Waals surface area contributed by atoms with Crippen LogP contribution >= 0.6 is 0 Å². The van der Waals surface area contributed by atoms with E-state index >= 15 is 0 Å². The predicted molar refractivity (Wildman–Crippen MR) is 79.4 cm³/mol. The second kappa shape index (κ2) is 9.77. The molecule has 1 rings (SSSR count). The minimum Gasteiger partial charge on any atom is -0.478 e. The molecule has 0 saturated carbocycles. The summed E-state index contributed by atoms with van der Waals surface area (Å²) in [7, 11) is 0. The molecule has 0 unspecified atom stereocenters. The van der Waals surface area contributed by atoms with E-state index in [1.54, 1.807) is 18.2 Å². The molecule has 1 aromatic rings. The molecule has 0 saturated heterocycles. The molecule has 6 nitrogen and oxygen atoms in total. The van der Waals surface area contributed by atoms with Crippen LogP contribution in [0.1, 0.15) is 35.7 Å². The van der Waals surface area contributed by atoms with Gasteiger partial charge in [-0.25, -0.2) is 9.59 Å². The van der Waals surface area contributed by atoms with E-state index in [2.05, 4.69) is 10.6 Å². The minimum absolute atomic E-state index is 0.211. The fourth-order valence-corrected chi connectivity index (χ4v) is 1.68. The van der Waals surface area contributed by atoms with Crippen LogP contribution in [0.3, 0.4) is 0 Å². The number of nitrogens with one attached hydrogen (secondary N) is 2. The number of urea groups is 1. The zero-order valence-electron chi connectivity index (χ0n) is 12.2. The number of amides is 2. The van der Waals surface area contributed by atoms with Crippen molar-refractivity contribution >= 4 is 12.0 Å². The largest absolute Gasteiger partial charge is 0.478 e. The molecule has 0 bridgehead atoms. The average Bonchev–Trinajstić information content (AvgIpc) is 2.49. The molecule has 21 heavy (non-hydrogen) atoms. The van der Waals surface area contributed by atoms with Crippen molar-refractivity contribution in [3.05, 3.63) is 35.4 Å². The first-order valence-corrected chi connectivity index (χ1v) is 7.05. The molecule has 0 aliphatic heterocycles. The third kappa shape index (κ3) is 7.31. The first kappa shape index (κ1) is 17.0. The number of carboxylic acids is 1. The average molecular weight is 294 g/mol. The highest BCUT2D eigenvalue weighted by Gasteiger charge is 2.04. The topological polar surface area (TPSA) is 87.7 Å². The van der Waals surface area contributed by atoms with Crippen molar-refractivity contribution < 1.29 is 19.4 Å². The molecule has 3 N–H and O–H groups in total. The summed E-state index contributed by atoms with van der Waals surface area (Å²) < 4.78 is 5.30. The fraction of sp³-hybridized carbons (Fsp3) is 0.467. The first-order valence-electron chi connectivity index (χ1n) is 7.05. The number of benzene rings is 1. The number of carbonyl (C=O) groups excluding carboxylic acids is 1. The Morgan fingerprint density at radius 3 is 2.76 bits per heavy atom. The summed E-state index contributed by atoms with van der Waals surface area (Å²) >= 11 is 0. The van der Waals surface area contributed by atoms with Gasteiger partial charge in [0.1, 0.15) is 0 Å². The van der Waals surface area contributed by atoms with E-state index < -0.39 is 5.97 Å². The van der Waals surface area contributed by atoms with E-state index in [1.807, 2.05) is 6.92 Å². The predicted octanol–water partition coefficient (Wildman–Crippen LogP) is 2.00. The Bertz CT molecular complexity index is 463. The van der Waals surface area contributed by atoms with E-state index in [-0.39, 0.29) is 11.6 Å². The molecule has 0 atom stereocenters. The van der Waals surface area contributed by atoms with Gasteiger partial charge in [-0.1, -0.05) is 19.1 Å². The molecule has 0 aromatic heterocycles. The van der Waals surface area contributed by atoms with Crippen LogP contribution in [0.2, 0.25) is 0 Å². The normalized spacial score (nSPS) is 10.1. The van der Waals surface area contributed by atoms with Gasteiger partial charge in [0, 0.05) is 26.3 Å². The maximum atomic E-state index is 11.5. The van der Waals surface area contributed by atoms with E-state index in [0.717, 1.165) is 25.0 Å². The number of hydrogen-bond donors (Lipinski definition) is 3. The third-order valence-electron chi connectivity index (χ3n) is 2.73. The quantitative estimate of drug-likeness (QED) is 0.608. The fourth-order valence-electron chi connectivity index (χ4n) is 1.68. The molecule has 6 heteroatoms. The molecular formula is C15H22N2O4.